The molecule has 5 heteroatoms. The monoisotopic (exact) mass is 199 g/mol. The third-order valence-electron chi connectivity index (χ3n) is 1.10. The summed E-state index contributed by atoms with van der Waals surface area (Å²) < 4.78 is 0.850. The van der Waals surface area contributed by atoms with Gasteiger partial charge in [-0.1, -0.05) is 0 Å². The van der Waals surface area contributed by atoms with E-state index in [1.165, 1.54) is 0 Å². The number of rotatable bonds is 6. The van der Waals surface area contributed by atoms with E-state index in [9.17, 15) is 0 Å². The smallest absolute Gasteiger partial charge is 0.131 e. The average molecular weight is 200 g/mol. The van der Waals surface area contributed by atoms with Gasteiger partial charge in [0.05, 0.1) is 27.7 Å². The van der Waals surface area contributed by atoms with Crippen LogP contribution in [0.3, 0.4) is 0 Å². The second-order valence-corrected chi connectivity index (χ2v) is 3.38. The maximum atomic E-state index is 8.32. The fourth-order valence-electron chi connectivity index (χ4n) is 0.466. The number of halogens is 1. The van der Waals surface area contributed by atoms with E-state index in [-0.39, 0.29) is 25.6 Å². The molecule has 0 aromatic carbocycles. The lowest BCUT2D eigenvalue weighted by molar-refractivity contribution is -0.871. The molecule has 0 aromatic heterocycles. The highest BCUT2D eigenvalue weighted by Gasteiger charge is 2.05. The highest BCUT2D eigenvalue weighted by molar-refractivity contribution is 4.22. The summed E-state index contributed by atoms with van der Waals surface area (Å²) in [4.78, 5) is 9.39. The summed E-state index contributed by atoms with van der Waals surface area (Å²) in [7, 11) is 6.24. The lowest BCUT2D eigenvalue weighted by atomic mass is 10.5. The second kappa shape index (κ2) is 7.76. The third kappa shape index (κ3) is 12.8. The molecular weight excluding hydrogens is 182 g/mol. The summed E-state index contributed by atoms with van der Waals surface area (Å²) in [6.45, 7) is 1.70. The molecule has 12 heavy (non-hydrogen) atoms. The zero-order valence-electron chi connectivity index (χ0n) is 7.92. The Bertz CT molecular complexity index is 95.1. The van der Waals surface area contributed by atoms with E-state index in [2.05, 4.69) is 26.0 Å². The number of aliphatic hydroxyl groups excluding tert-OH is 1. The minimum absolute atomic E-state index is 0. The fourth-order valence-corrected chi connectivity index (χ4v) is 0.466. The number of aliphatic hydroxyl groups is 1. The van der Waals surface area contributed by atoms with Crippen molar-refractivity contribution in [2.45, 2.75) is 0 Å². The lowest BCUT2D eigenvalue weighted by Gasteiger charge is -2.22. The number of nitrogens with zero attached hydrogens (tertiary/aromatic N) is 1. The van der Waals surface area contributed by atoms with Crippen molar-refractivity contribution < 1.29 is 31.8 Å². The lowest BCUT2D eigenvalue weighted by Crippen LogP contribution is -3.00. The van der Waals surface area contributed by atoms with Gasteiger partial charge in [-0.3, -0.25) is 0 Å². The Labute approximate surface area is 80.0 Å². The van der Waals surface area contributed by atoms with E-state index in [0.29, 0.717) is 6.61 Å². The predicted octanol–water partition coefficient (Wildman–Crippen LogP) is -3.36. The van der Waals surface area contributed by atoms with Crippen LogP contribution < -0.4 is 12.4 Å². The molecule has 0 heterocycles. The molecular formula is C7H18ClNO3. The minimum Gasteiger partial charge on any atom is -1.00 e. The summed E-state index contributed by atoms with van der Waals surface area (Å²) in [5.41, 5.74) is 0. The van der Waals surface area contributed by atoms with Crippen LogP contribution in [0.5, 0.6) is 0 Å². The number of likely N-dealkylation sites (N-methyl/N-ethyl adjacent to an activating group) is 1. The van der Waals surface area contributed by atoms with Crippen molar-refractivity contribution >= 4 is 0 Å². The van der Waals surface area contributed by atoms with Crippen LogP contribution in [-0.4, -0.2) is 57.1 Å². The first-order valence-electron chi connectivity index (χ1n) is 3.72. The normalized spacial score (nSPS) is 11.0. The standard InChI is InChI=1S/C7H18NO3.ClH/c1-8(2,3)4-6-10-11-7-5-9;/h9H,4-7H2,1-3H3;1H/q+1;/p-1. The minimum atomic E-state index is 0. The van der Waals surface area contributed by atoms with Crippen molar-refractivity contribution in [1.82, 2.24) is 0 Å². The van der Waals surface area contributed by atoms with Crippen molar-refractivity contribution in [2.24, 2.45) is 0 Å². The molecule has 0 fully saturated rings. The topological polar surface area (TPSA) is 38.7 Å². The van der Waals surface area contributed by atoms with Crippen LogP contribution in [0.1, 0.15) is 0 Å². The number of hydrogen-bond acceptors (Lipinski definition) is 3. The van der Waals surface area contributed by atoms with Gasteiger partial charge in [0.15, 0.2) is 0 Å². The quantitative estimate of drug-likeness (QED) is 0.210. The molecule has 0 saturated heterocycles. The molecule has 4 nitrogen and oxygen atoms in total. The Balaban J connectivity index is 0. The van der Waals surface area contributed by atoms with E-state index in [0.717, 1.165) is 11.0 Å². The third-order valence-corrected chi connectivity index (χ3v) is 1.10. The Morgan fingerprint density at radius 3 is 2.00 bits per heavy atom. The van der Waals surface area contributed by atoms with Gasteiger partial charge < -0.3 is 22.0 Å². The predicted molar refractivity (Wildman–Crippen MR) is 41.9 cm³/mol. The second-order valence-electron chi connectivity index (χ2n) is 3.38. The van der Waals surface area contributed by atoms with Gasteiger partial charge in [0, 0.05) is 0 Å². The van der Waals surface area contributed by atoms with Crippen LogP contribution in [0.2, 0.25) is 0 Å². The average Bonchev–Trinajstić information content (AvgIpc) is 1.85. The zero-order chi connectivity index (χ0) is 8.74. The summed E-state index contributed by atoms with van der Waals surface area (Å²) in [6.07, 6.45) is 0. The van der Waals surface area contributed by atoms with Gasteiger partial charge in [-0.25, -0.2) is 9.78 Å². The maximum absolute atomic E-state index is 8.32. The molecule has 0 spiro atoms. The first-order chi connectivity index (χ1) is 5.06. The van der Waals surface area contributed by atoms with Gasteiger partial charge in [-0.15, -0.1) is 0 Å². The Kier molecular flexibility index (Phi) is 9.47. The van der Waals surface area contributed by atoms with Gasteiger partial charge in [-0.2, -0.15) is 0 Å². The molecule has 0 atom stereocenters. The number of quaternary nitrogens is 1. The Morgan fingerprint density at radius 2 is 1.58 bits per heavy atom. The van der Waals surface area contributed by atoms with Crippen molar-refractivity contribution in [3.63, 3.8) is 0 Å². The van der Waals surface area contributed by atoms with Crippen molar-refractivity contribution in [2.75, 3.05) is 47.5 Å². The highest BCUT2D eigenvalue weighted by atomic mass is 35.5. The van der Waals surface area contributed by atoms with Crippen LogP contribution in [0.15, 0.2) is 0 Å². The fraction of sp³-hybridized carbons (Fsp3) is 1.00. The van der Waals surface area contributed by atoms with Gasteiger partial charge in [0.1, 0.15) is 19.8 Å². The van der Waals surface area contributed by atoms with Crippen molar-refractivity contribution in [3.05, 3.63) is 0 Å². The van der Waals surface area contributed by atoms with Crippen LogP contribution >= 0.6 is 0 Å². The first kappa shape index (κ1) is 14.6. The molecule has 0 aliphatic carbocycles. The van der Waals surface area contributed by atoms with Gasteiger partial charge in [0.25, 0.3) is 0 Å². The van der Waals surface area contributed by atoms with E-state index in [1.807, 2.05) is 0 Å². The molecule has 0 rings (SSSR count). The van der Waals surface area contributed by atoms with E-state index >= 15 is 0 Å². The van der Waals surface area contributed by atoms with E-state index in [4.69, 9.17) is 9.99 Å². The molecule has 0 radical (unpaired) electrons. The summed E-state index contributed by atoms with van der Waals surface area (Å²) in [6, 6.07) is 0. The number of hydrogen-bond donors (Lipinski definition) is 1. The molecule has 1 N–H and O–H groups in total. The van der Waals surface area contributed by atoms with Crippen LogP contribution in [0.25, 0.3) is 0 Å². The van der Waals surface area contributed by atoms with E-state index in [1.54, 1.807) is 0 Å². The Hall–Kier alpha value is 0.130. The molecule has 0 aliphatic heterocycles. The van der Waals surface area contributed by atoms with Crippen molar-refractivity contribution in [3.8, 4) is 0 Å². The van der Waals surface area contributed by atoms with Crippen LogP contribution in [0, 0.1) is 0 Å². The van der Waals surface area contributed by atoms with Gasteiger partial charge in [-0.05, 0) is 0 Å². The highest BCUT2D eigenvalue weighted by Crippen LogP contribution is 1.89. The molecule has 0 aliphatic rings. The summed E-state index contributed by atoms with van der Waals surface area (Å²) in [5.74, 6) is 0. The maximum Gasteiger partial charge on any atom is 0.131 e. The summed E-state index contributed by atoms with van der Waals surface area (Å²) in [5, 5.41) is 8.32. The molecule has 0 aromatic rings. The summed E-state index contributed by atoms with van der Waals surface area (Å²) >= 11 is 0. The van der Waals surface area contributed by atoms with Crippen LogP contribution in [-0.2, 0) is 9.78 Å². The van der Waals surface area contributed by atoms with Gasteiger partial charge >= 0.3 is 0 Å². The molecule has 0 unspecified atom stereocenters. The SMILES string of the molecule is C[N+](C)(C)CCOOCCO.[Cl-]. The van der Waals surface area contributed by atoms with Crippen molar-refractivity contribution in [1.29, 1.82) is 0 Å². The molecule has 0 amide bonds. The zero-order valence-corrected chi connectivity index (χ0v) is 8.67. The molecule has 0 bridgehead atoms. The van der Waals surface area contributed by atoms with Crippen LogP contribution in [0.4, 0.5) is 0 Å². The molecule has 76 valence electrons. The van der Waals surface area contributed by atoms with Gasteiger partial charge in [0.2, 0.25) is 0 Å². The Morgan fingerprint density at radius 1 is 1.08 bits per heavy atom. The van der Waals surface area contributed by atoms with E-state index < -0.39 is 0 Å². The first-order valence-corrected chi connectivity index (χ1v) is 3.72. The molecule has 0 saturated carbocycles. The largest absolute Gasteiger partial charge is 1.00 e.